The summed E-state index contributed by atoms with van der Waals surface area (Å²) in [7, 11) is 0. The van der Waals surface area contributed by atoms with Crippen molar-refractivity contribution < 1.29 is 59.9 Å². The first kappa shape index (κ1) is 34.8. The van der Waals surface area contributed by atoms with E-state index in [1.165, 1.54) is 33.4 Å². The van der Waals surface area contributed by atoms with Crippen LogP contribution in [-0.2, 0) is 39.0 Å². The van der Waals surface area contributed by atoms with Crippen molar-refractivity contribution in [2.75, 3.05) is 0 Å². The van der Waals surface area contributed by atoms with Gasteiger partial charge in [0.15, 0.2) is 0 Å². The summed E-state index contributed by atoms with van der Waals surface area (Å²) in [5.74, 6) is 4.80. The molecule has 2 heterocycles. The molecule has 2 nitrogen and oxygen atoms in total. The molecule has 8 rings (SSSR count). The SMILES string of the molecule is CCCc1ccc(-c2ccc3c(c2)[C-]=C2C=CC=CC23)o1.CCCc1ccc(-c2ccc3c(c2)[C-]=C2C=CC=CC23)o1.[Cl-].[Cl-].[Zr+4]. The number of hydrogen-bond donors (Lipinski definition) is 0. The van der Waals surface area contributed by atoms with Gasteiger partial charge in [0.1, 0.15) is 23.0 Å². The zero-order valence-electron chi connectivity index (χ0n) is 25.4. The number of benzene rings is 2. The first-order chi connectivity index (χ1) is 20.7. The fourth-order valence-corrected chi connectivity index (χ4v) is 6.18. The van der Waals surface area contributed by atoms with Gasteiger partial charge in [-0.05, 0) is 60.1 Å². The third-order valence-electron chi connectivity index (χ3n) is 8.27. The second-order valence-corrected chi connectivity index (χ2v) is 11.2. The van der Waals surface area contributed by atoms with Crippen LogP contribution in [0.25, 0.3) is 22.6 Å². The summed E-state index contributed by atoms with van der Waals surface area (Å²) in [4.78, 5) is 0. The summed E-state index contributed by atoms with van der Waals surface area (Å²) < 4.78 is 11.9. The summed E-state index contributed by atoms with van der Waals surface area (Å²) in [6.07, 6.45) is 28.4. The number of hydrogen-bond acceptors (Lipinski definition) is 2. The van der Waals surface area contributed by atoms with E-state index in [4.69, 9.17) is 8.83 Å². The molecule has 0 aliphatic heterocycles. The minimum absolute atomic E-state index is 0. The van der Waals surface area contributed by atoms with Crippen molar-refractivity contribution in [2.24, 2.45) is 0 Å². The smallest absolute Gasteiger partial charge is 1.00 e. The van der Waals surface area contributed by atoms with E-state index in [-0.39, 0.29) is 51.0 Å². The van der Waals surface area contributed by atoms with Gasteiger partial charge in [0.25, 0.3) is 0 Å². The van der Waals surface area contributed by atoms with Gasteiger partial charge in [0, 0.05) is 12.8 Å². The Morgan fingerprint density at radius 1 is 0.578 bits per heavy atom. The van der Waals surface area contributed by atoms with Gasteiger partial charge < -0.3 is 33.6 Å². The summed E-state index contributed by atoms with van der Waals surface area (Å²) in [6, 6.07) is 21.4. The fraction of sp³-hybridized carbons (Fsp3) is 0.200. The number of halogens is 2. The number of aryl methyl sites for hydroxylation is 2. The van der Waals surface area contributed by atoms with Crippen LogP contribution >= 0.6 is 0 Å². The van der Waals surface area contributed by atoms with E-state index in [1.54, 1.807) is 0 Å². The first-order valence-electron chi connectivity index (χ1n) is 15.1. The maximum Gasteiger partial charge on any atom is 4.00 e. The van der Waals surface area contributed by atoms with Gasteiger partial charge in [-0.3, -0.25) is 0 Å². The van der Waals surface area contributed by atoms with E-state index in [0.29, 0.717) is 11.8 Å². The average molecular weight is 709 g/mol. The summed E-state index contributed by atoms with van der Waals surface area (Å²) in [6.45, 7) is 4.34. The molecule has 2 aromatic heterocycles. The van der Waals surface area contributed by atoms with E-state index in [2.05, 4.69) is 135 Å². The van der Waals surface area contributed by atoms with E-state index < -0.39 is 0 Å². The maximum atomic E-state index is 5.93. The van der Waals surface area contributed by atoms with Gasteiger partial charge in [0.2, 0.25) is 0 Å². The molecule has 0 saturated carbocycles. The number of furan rings is 2. The van der Waals surface area contributed by atoms with Crippen molar-refractivity contribution >= 4 is 0 Å². The molecule has 0 fully saturated rings. The minimum atomic E-state index is 0. The number of fused-ring (bicyclic) bond motifs is 6. The largest absolute Gasteiger partial charge is 4.00 e. The molecule has 2 aromatic carbocycles. The Hall–Kier alpha value is -3.10. The zero-order valence-corrected chi connectivity index (χ0v) is 29.4. The van der Waals surface area contributed by atoms with Crippen LogP contribution in [0.15, 0.2) is 129 Å². The quantitative estimate of drug-likeness (QED) is 0.278. The monoisotopic (exact) mass is 706 g/mol. The van der Waals surface area contributed by atoms with E-state index in [9.17, 15) is 0 Å². The molecule has 0 radical (unpaired) electrons. The van der Waals surface area contributed by atoms with Crippen molar-refractivity contribution in [2.45, 2.75) is 51.4 Å². The van der Waals surface area contributed by atoms with Crippen LogP contribution < -0.4 is 24.8 Å². The van der Waals surface area contributed by atoms with Crippen LogP contribution in [-0.4, -0.2) is 0 Å². The maximum absolute atomic E-state index is 5.93. The topological polar surface area (TPSA) is 26.3 Å². The van der Waals surface area contributed by atoms with Crippen LogP contribution in [0, 0.1) is 12.2 Å². The van der Waals surface area contributed by atoms with Crippen LogP contribution in [0.5, 0.6) is 0 Å². The molecule has 0 bridgehead atoms. The predicted molar refractivity (Wildman–Crippen MR) is 170 cm³/mol. The molecule has 45 heavy (non-hydrogen) atoms. The Morgan fingerprint density at radius 3 is 1.44 bits per heavy atom. The van der Waals surface area contributed by atoms with Gasteiger partial charge in [0.05, 0.1) is 0 Å². The Morgan fingerprint density at radius 2 is 1.02 bits per heavy atom. The molecule has 2 unspecified atom stereocenters. The summed E-state index contributed by atoms with van der Waals surface area (Å²) in [5.41, 5.74) is 9.86. The Balaban J connectivity index is 0.000000192. The van der Waals surface area contributed by atoms with Gasteiger partial charge in [-0.2, -0.15) is 0 Å². The standard InChI is InChI=1S/2C20H17O.2ClH.Zr/c2*1-2-5-17-9-11-20(21-17)15-8-10-19-16(13-15)12-14-6-3-4-7-18(14)19;;;/h2*3-4,6-11,13,18H,2,5H2,1H3;2*1H;/q2*-1;;;+4/p-2. The molecular weight excluding hydrogens is 675 g/mol. The van der Waals surface area contributed by atoms with Crippen molar-refractivity contribution in [3.8, 4) is 22.6 Å². The second kappa shape index (κ2) is 15.5. The molecule has 4 aliphatic rings. The molecule has 4 aliphatic carbocycles. The van der Waals surface area contributed by atoms with Gasteiger partial charge in [-0.15, -0.1) is 82.0 Å². The fourth-order valence-electron chi connectivity index (χ4n) is 6.18. The molecule has 5 heteroatoms. The van der Waals surface area contributed by atoms with Gasteiger partial charge in [-0.25, -0.2) is 0 Å². The molecule has 0 amide bonds. The van der Waals surface area contributed by atoms with E-state index >= 15 is 0 Å². The molecular formula is C40H34Cl2O2Zr. The Bertz CT molecular complexity index is 1690. The van der Waals surface area contributed by atoms with Crippen molar-refractivity contribution in [3.63, 3.8) is 0 Å². The van der Waals surface area contributed by atoms with Crippen LogP contribution in [0.2, 0.25) is 0 Å². The normalized spacial score (nSPS) is 17.3. The number of rotatable bonds is 6. The molecule has 0 spiro atoms. The van der Waals surface area contributed by atoms with Gasteiger partial charge in [-0.1, -0.05) is 62.4 Å². The molecule has 0 saturated heterocycles. The average Bonchev–Trinajstić information content (AvgIpc) is 3.82. The molecule has 2 atom stereocenters. The molecule has 4 aromatic rings. The summed E-state index contributed by atoms with van der Waals surface area (Å²) in [5, 5.41) is 0. The number of allylic oxidation sites excluding steroid dienone is 10. The first-order valence-corrected chi connectivity index (χ1v) is 15.1. The van der Waals surface area contributed by atoms with Crippen LogP contribution in [0.3, 0.4) is 0 Å². The second-order valence-electron chi connectivity index (χ2n) is 11.2. The third-order valence-corrected chi connectivity index (χ3v) is 8.27. The van der Waals surface area contributed by atoms with Crippen molar-refractivity contribution in [3.05, 3.63) is 166 Å². The van der Waals surface area contributed by atoms with Crippen LogP contribution in [0.1, 0.15) is 72.3 Å². The Labute approximate surface area is 298 Å². The zero-order chi connectivity index (χ0) is 28.5. The minimum Gasteiger partial charge on any atom is -1.00 e. The summed E-state index contributed by atoms with van der Waals surface area (Å²) >= 11 is 0. The van der Waals surface area contributed by atoms with Gasteiger partial charge >= 0.3 is 26.2 Å². The molecule has 224 valence electrons. The van der Waals surface area contributed by atoms with Crippen LogP contribution in [0.4, 0.5) is 0 Å². The predicted octanol–water partition coefficient (Wildman–Crippen LogP) is 4.41. The van der Waals surface area contributed by atoms with Crippen molar-refractivity contribution in [1.29, 1.82) is 0 Å². The van der Waals surface area contributed by atoms with Crippen molar-refractivity contribution in [1.82, 2.24) is 0 Å². The third kappa shape index (κ3) is 7.17. The Kier molecular flexibility index (Phi) is 11.9. The van der Waals surface area contributed by atoms with E-state index in [1.807, 2.05) is 0 Å². The molecule has 0 N–H and O–H groups in total. The van der Waals surface area contributed by atoms with E-state index in [0.717, 1.165) is 59.9 Å².